The van der Waals surface area contributed by atoms with E-state index in [0.29, 0.717) is 38.6 Å². The molecule has 1 aromatic rings. The molecule has 1 saturated heterocycles. The summed E-state index contributed by atoms with van der Waals surface area (Å²) in [6.45, 7) is 2.57. The minimum atomic E-state index is -0.316. The molecule has 1 aliphatic carbocycles. The molecule has 2 aliphatic heterocycles. The average molecular weight is 334 g/mol. The van der Waals surface area contributed by atoms with E-state index in [1.165, 1.54) is 6.07 Å². The van der Waals surface area contributed by atoms with E-state index in [4.69, 9.17) is 9.47 Å². The largest absolute Gasteiger partial charge is 0.376 e. The molecule has 5 nitrogen and oxygen atoms in total. The van der Waals surface area contributed by atoms with E-state index >= 15 is 0 Å². The smallest absolute Gasteiger partial charge is 0.322 e. The van der Waals surface area contributed by atoms with E-state index in [-0.39, 0.29) is 23.4 Å². The number of urea groups is 1. The van der Waals surface area contributed by atoms with Crippen molar-refractivity contribution >= 4 is 11.7 Å². The highest BCUT2D eigenvalue weighted by molar-refractivity contribution is 5.95. The van der Waals surface area contributed by atoms with Crippen LogP contribution in [0.3, 0.4) is 0 Å². The molecule has 2 heterocycles. The molecule has 1 spiro atoms. The maximum Gasteiger partial charge on any atom is 0.322 e. The average Bonchev–Trinajstić information content (AvgIpc) is 3.21. The van der Waals surface area contributed by atoms with Gasteiger partial charge in [-0.1, -0.05) is 25.0 Å². The number of halogens is 1. The fourth-order valence-electron chi connectivity index (χ4n) is 4.29. The van der Waals surface area contributed by atoms with Crippen molar-refractivity contribution in [1.29, 1.82) is 0 Å². The van der Waals surface area contributed by atoms with Crippen molar-refractivity contribution < 1.29 is 18.7 Å². The maximum atomic E-state index is 14.5. The van der Waals surface area contributed by atoms with E-state index in [1.807, 2.05) is 6.07 Å². The fraction of sp³-hybridized carbons (Fsp3) is 0.611. The fourth-order valence-corrected chi connectivity index (χ4v) is 4.29. The molecule has 24 heavy (non-hydrogen) atoms. The van der Waals surface area contributed by atoms with E-state index in [1.54, 1.807) is 11.0 Å². The summed E-state index contributed by atoms with van der Waals surface area (Å²) in [6, 6.07) is 4.92. The van der Waals surface area contributed by atoms with Gasteiger partial charge < -0.3 is 14.8 Å². The minimum Gasteiger partial charge on any atom is -0.376 e. The first-order chi connectivity index (χ1) is 11.7. The first kappa shape index (κ1) is 15.8. The van der Waals surface area contributed by atoms with Crippen molar-refractivity contribution in [2.45, 2.75) is 37.2 Å². The lowest BCUT2D eigenvalue weighted by Gasteiger charge is -2.26. The summed E-state index contributed by atoms with van der Waals surface area (Å²) in [5.74, 6) is -0.316. The van der Waals surface area contributed by atoms with Crippen molar-refractivity contribution in [1.82, 2.24) is 5.32 Å². The van der Waals surface area contributed by atoms with Crippen LogP contribution >= 0.6 is 0 Å². The summed E-state index contributed by atoms with van der Waals surface area (Å²) in [6.07, 6.45) is 4.18. The summed E-state index contributed by atoms with van der Waals surface area (Å²) >= 11 is 0. The number of anilines is 1. The molecule has 4 rings (SSSR count). The lowest BCUT2D eigenvalue weighted by molar-refractivity contribution is -0.0853. The molecule has 0 unspecified atom stereocenters. The third kappa shape index (κ3) is 2.67. The molecule has 2 amide bonds. The number of carbonyl (C=O) groups is 1. The topological polar surface area (TPSA) is 50.8 Å². The van der Waals surface area contributed by atoms with E-state index in [0.717, 1.165) is 31.2 Å². The number of ether oxygens (including phenoxy) is 2. The Bertz CT molecular complexity index is 625. The Labute approximate surface area is 141 Å². The predicted octanol–water partition coefficient (Wildman–Crippen LogP) is 2.58. The van der Waals surface area contributed by atoms with Gasteiger partial charge in [-0.3, -0.25) is 4.90 Å². The molecule has 1 saturated carbocycles. The van der Waals surface area contributed by atoms with Crippen LogP contribution in [0.25, 0.3) is 0 Å². The summed E-state index contributed by atoms with van der Waals surface area (Å²) in [5.41, 5.74) is 1.38. The number of rotatable bonds is 2. The van der Waals surface area contributed by atoms with Crippen LogP contribution in [0.2, 0.25) is 0 Å². The lowest BCUT2D eigenvalue weighted by atomic mass is 9.81. The summed E-state index contributed by atoms with van der Waals surface area (Å²) in [4.78, 5) is 14.3. The number of nitrogens with one attached hydrogen (secondary N) is 1. The highest BCUT2D eigenvalue weighted by atomic mass is 19.1. The first-order valence-corrected chi connectivity index (χ1v) is 8.73. The number of nitrogens with zero attached hydrogens (tertiary/aromatic N) is 1. The third-order valence-electron chi connectivity index (χ3n) is 5.46. The minimum absolute atomic E-state index is 0.0702. The second-order valence-electron chi connectivity index (χ2n) is 6.96. The van der Waals surface area contributed by atoms with Gasteiger partial charge in [0.2, 0.25) is 0 Å². The van der Waals surface area contributed by atoms with Gasteiger partial charge in [0.05, 0.1) is 31.6 Å². The summed E-state index contributed by atoms with van der Waals surface area (Å²) in [7, 11) is 0. The van der Waals surface area contributed by atoms with Crippen LogP contribution < -0.4 is 10.2 Å². The Morgan fingerprint density at radius 1 is 1.33 bits per heavy atom. The molecule has 3 aliphatic rings. The molecule has 2 fully saturated rings. The Hall–Kier alpha value is -1.66. The van der Waals surface area contributed by atoms with Gasteiger partial charge in [0, 0.05) is 18.5 Å². The highest BCUT2D eigenvalue weighted by Gasteiger charge is 2.47. The zero-order valence-electron chi connectivity index (χ0n) is 13.7. The second kappa shape index (κ2) is 6.33. The van der Waals surface area contributed by atoms with Crippen LogP contribution in [0, 0.1) is 5.82 Å². The maximum absolute atomic E-state index is 14.5. The van der Waals surface area contributed by atoms with Crippen molar-refractivity contribution in [3.05, 3.63) is 29.6 Å². The molecular formula is C18H23FN2O3. The van der Waals surface area contributed by atoms with Gasteiger partial charge in [-0.05, 0) is 24.5 Å². The van der Waals surface area contributed by atoms with Crippen LogP contribution in [0.15, 0.2) is 18.2 Å². The number of fused-ring (bicyclic) bond motifs is 2. The number of carbonyl (C=O) groups excluding carboxylic acids is 1. The quantitative estimate of drug-likeness (QED) is 0.904. The van der Waals surface area contributed by atoms with Crippen molar-refractivity contribution in [2.75, 3.05) is 37.8 Å². The number of hydrogen-bond donors (Lipinski definition) is 1. The van der Waals surface area contributed by atoms with Crippen LogP contribution in [-0.2, 0) is 14.9 Å². The summed E-state index contributed by atoms with van der Waals surface area (Å²) in [5, 5.41) is 2.88. The van der Waals surface area contributed by atoms with E-state index in [2.05, 4.69) is 5.32 Å². The normalized spacial score (nSPS) is 25.0. The van der Waals surface area contributed by atoms with Crippen LogP contribution in [0.1, 0.15) is 31.2 Å². The molecule has 1 N–H and O–H groups in total. The monoisotopic (exact) mass is 334 g/mol. The van der Waals surface area contributed by atoms with Crippen molar-refractivity contribution in [3.63, 3.8) is 0 Å². The number of benzene rings is 1. The van der Waals surface area contributed by atoms with Gasteiger partial charge in [0.25, 0.3) is 0 Å². The second-order valence-corrected chi connectivity index (χ2v) is 6.96. The first-order valence-electron chi connectivity index (χ1n) is 8.73. The highest BCUT2D eigenvalue weighted by Crippen LogP contribution is 2.51. The zero-order chi connectivity index (χ0) is 16.6. The zero-order valence-corrected chi connectivity index (χ0v) is 13.7. The molecular weight excluding hydrogens is 311 g/mol. The molecule has 1 aromatic carbocycles. The molecule has 0 bridgehead atoms. The number of hydrogen-bond acceptors (Lipinski definition) is 3. The number of amides is 2. The van der Waals surface area contributed by atoms with Gasteiger partial charge in [-0.25, -0.2) is 9.18 Å². The third-order valence-corrected chi connectivity index (χ3v) is 5.46. The van der Waals surface area contributed by atoms with Crippen molar-refractivity contribution in [3.8, 4) is 0 Å². The van der Waals surface area contributed by atoms with Gasteiger partial charge in [-0.2, -0.15) is 0 Å². The Kier molecular flexibility index (Phi) is 4.18. The molecule has 0 aromatic heterocycles. The van der Waals surface area contributed by atoms with Crippen LogP contribution in [0.5, 0.6) is 0 Å². The Morgan fingerprint density at radius 2 is 2.17 bits per heavy atom. The molecule has 6 heteroatoms. The van der Waals surface area contributed by atoms with Gasteiger partial charge in [-0.15, -0.1) is 0 Å². The van der Waals surface area contributed by atoms with Crippen molar-refractivity contribution in [2.24, 2.45) is 0 Å². The van der Waals surface area contributed by atoms with Gasteiger partial charge >= 0.3 is 6.03 Å². The van der Waals surface area contributed by atoms with Crippen LogP contribution in [-0.4, -0.2) is 45.0 Å². The summed E-state index contributed by atoms with van der Waals surface area (Å²) < 4.78 is 25.4. The number of para-hydroxylation sites is 1. The Morgan fingerprint density at radius 3 is 2.92 bits per heavy atom. The molecule has 130 valence electrons. The predicted molar refractivity (Wildman–Crippen MR) is 87.8 cm³/mol. The van der Waals surface area contributed by atoms with Gasteiger partial charge in [0.15, 0.2) is 0 Å². The van der Waals surface area contributed by atoms with E-state index in [9.17, 15) is 9.18 Å². The molecule has 0 radical (unpaired) electrons. The standard InChI is InChI=1S/C18H23FN2O3/c19-15-5-3-4-14-16(15)21(12-18(14)6-1-2-7-18)17(22)20-10-13-11-23-8-9-24-13/h3-5,13H,1-2,6-12H2,(H,20,22)/t13-/m1/s1. The van der Waals surface area contributed by atoms with Gasteiger partial charge in [0.1, 0.15) is 5.82 Å². The molecule has 1 atom stereocenters. The SMILES string of the molecule is O=C(NC[C@@H]1COCCO1)N1CC2(CCCC2)c2cccc(F)c21. The van der Waals surface area contributed by atoms with Crippen LogP contribution in [0.4, 0.5) is 14.9 Å². The Balaban J connectivity index is 1.52. The lowest BCUT2D eigenvalue weighted by Crippen LogP contribution is -2.46. The van der Waals surface area contributed by atoms with E-state index < -0.39 is 0 Å².